The van der Waals surface area contributed by atoms with Crippen molar-refractivity contribution in [2.24, 2.45) is 0 Å². The van der Waals surface area contributed by atoms with Crippen molar-refractivity contribution in [3.63, 3.8) is 0 Å². The molecule has 0 saturated carbocycles. The highest BCUT2D eigenvalue weighted by atomic mass is 35.5. The number of halogens is 1. The summed E-state index contributed by atoms with van der Waals surface area (Å²) in [6.45, 7) is 0. The van der Waals surface area contributed by atoms with Crippen molar-refractivity contribution in [2.45, 2.75) is 0 Å². The molecule has 0 unspecified atom stereocenters. The minimum absolute atomic E-state index is 0.340. The third-order valence-electron chi connectivity index (χ3n) is 1.79. The van der Waals surface area contributed by atoms with Crippen molar-refractivity contribution in [3.8, 4) is 0 Å². The topological polar surface area (TPSA) is 46.2 Å². The van der Waals surface area contributed by atoms with E-state index in [-0.39, 0.29) is 11.1 Å². The first-order chi connectivity index (χ1) is 7.15. The van der Waals surface area contributed by atoms with E-state index in [0.29, 0.717) is 9.93 Å². The molecule has 3 nitrogen and oxygen atoms in total. The number of benzene rings is 1. The zero-order chi connectivity index (χ0) is 10.8. The summed E-state index contributed by atoms with van der Waals surface area (Å²) in [5, 5.41) is 2.44. The van der Waals surface area contributed by atoms with Gasteiger partial charge in [-0.25, -0.2) is 0 Å². The Balaban J connectivity index is 2.31. The highest BCUT2D eigenvalue weighted by Gasteiger charge is 2.24. The number of hydrogen-bond acceptors (Lipinski definition) is 3. The van der Waals surface area contributed by atoms with E-state index in [1.807, 2.05) is 6.07 Å². The Morgan fingerprint density at radius 1 is 1.33 bits per heavy atom. The van der Waals surface area contributed by atoms with Crippen molar-refractivity contribution < 1.29 is 9.59 Å². The van der Waals surface area contributed by atoms with Crippen molar-refractivity contribution in [2.75, 3.05) is 0 Å². The molecule has 0 spiro atoms. The van der Waals surface area contributed by atoms with Crippen molar-refractivity contribution in [1.82, 2.24) is 5.32 Å². The summed E-state index contributed by atoms with van der Waals surface area (Å²) < 4.78 is 0. The smallest absolute Gasteiger partial charge is 0.282 e. The molecule has 1 heterocycles. The van der Waals surface area contributed by atoms with Crippen LogP contribution in [0.15, 0.2) is 29.2 Å². The maximum atomic E-state index is 11.2. The fraction of sp³-hybridized carbons (Fsp3) is 0. The van der Waals surface area contributed by atoms with Crippen LogP contribution in [0.25, 0.3) is 6.08 Å². The zero-order valence-corrected chi connectivity index (χ0v) is 9.06. The van der Waals surface area contributed by atoms with Crippen LogP contribution in [0.4, 0.5) is 4.79 Å². The van der Waals surface area contributed by atoms with Crippen LogP contribution in [-0.2, 0) is 4.79 Å². The fourth-order valence-corrected chi connectivity index (χ4v) is 2.05. The third kappa shape index (κ3) is 2.40. The number of thioether (sulfide) groups is 1. The molecule has 0 atom stereocenters. The summed E-state index contributed by atoms with van der Waals surface area (Å²) in [5.41, 5.74) is 0.801. The maximum Gasteiger partial charge on any atom is 0.290 e. The molecule has 15 heavy (non-hydrogen) atoms. The van der Waals surface area contributed by atoms with E-state index in [4.69, 9.17) is 11.6 Å². The molecule has 0 bridgehead atoms. The van der Waals surface area contributed by atoms with Crippen LogP contribution in [0.5, 0.6) is 0 Å². The van der Waals surface area contributed by atoms with Crippen LogP contribution < -0.4 is 5.32 Å². The Morgan fingerprint density at radius 2 is 2.13 bits per heavy atom. The van der Waals surface area contributed by atoms with Gasteiger partial charge >= 0.3 is 0 Å². The average molecular weight is 240 g/mol. The molecule has 0 aromatic heterocycles. The monoisotopic (exact) mass is 239 g/mol. The van der Waals surface area contributed by atoms with Gasteiger partial charge in [-0.05, 0) is 35.5 Å². The number of imide groups is 1. The van der Waals surface area contributed by atoms with Crippen LogP contribution in [0, 0.1) is 0 Å². The molecular weight excluding hydrogens is 234 g/mol. The quantitative estimate of drug-likeness (QED) is 0.767. The highest BCUT2D eigenvalue weighted by Crippen LogP contribution is 2.26. The van der Waals surface area contributed by atoms with Gasteiger partial charge in [0.05, 0.1) is 4.91 Å². The molecule has 5 heteroatoms. The summed E-state index contributed by atoms with van der Waals surface area (Å²) in [6, 6.07) is 7.07. The summed E-state index contributed by atoms with van der Waals surface area (Å²) in [6.07, 6.45) is 1.64. The number of carbonyl (C=O) groups is 2. The SMILES string of the molecule is O=C1NC(=O)/C(=C/c2cccc(Cl)c2)S1. The molecule has 1 fully saturated rings. The number of hydrogen-bond donors (Lipinski definition) is 1. The molecule has 1 N–H and O–H groups in total. The first-order valence-electron chi connectivity index (χ1n) is 4.15. The van der Waals surface area contributed by atoms with Crippen molar-refractivity contribution >= 4 is 40.6 Å². The van der Waals surface area contributed by atoms with Crippen LogP contribution in [0.1, 0.15) is 5.56 Å². The Kier molecular flexibility index (Phi) is 2.79. The predicted molar refractivity (Wildman–Crippen MR) is 60.6 cm³/mol. The van der Waals surface area contributed by atoms with Gasteiger partial charge in [-0.15, -0.1) is 0 Å². The molecule has 1 aromatic carbocycles. The minimum atomic E-state index is -0.357. The normalized spacial score (nSPS) is 18.3. The Bertz CT molecular complexity index is 470. The van der Waals surface area contributed by atoms with Gasteiger partial charge in [-0.1, -0.05) is 23.7 Å². The van der Waals surface area contributed by atoms with E-state index < -0.39 is 0 Å². The van der Waals surface area contributed by atoms with Crippen molar-refractivity contribution in [3.05, 3.63) is 39.8 Å². The molecule has 2 amide bonds. The van der Waals surface area contributed by atoms with Gasteiger partial charge in [0.15, 0.2) is 0 Å². The molecule has 1 aliphatic heterocycles. The first-order valence-corrected chi connectivity index (χ1v) is 5.35. The highest BCUT2D eigenvalue weighted by molar-refractivity contribution is 8.18. The lowest BCUT2D eigenvalue weighted by atomic mass is 10.2. The van der Waals surface area contributed by atoms with Gasteiger partial charge in [-0.2, -0.15) is 0 Å². The Labute approximate surface area is 95.5 Å². The first kappa shape index (κ1) is 10.3. The van der Waals surface area contributed by atoms with E-state index in [2.05, 4.69) is 5.32 Å². The third-order valence-corrected chi connectivity index (χ3v) is 2.83. The number of nitrogens with one attached hydrogen (secondary N) is 1. The van der Waals surface area contributed by atoms with E-state index >= 15 is 0 Å². The maximum absolute atomic E-state index is 11.2. The molecule has 76 valence electrons. The summed E-state index contributed by atoms with van der Waals surface area (Å²) >= 11 is 6.68. The number of amides is 2. The van der Waals surface area contributed by atoms with E-state index in [9.17, 15) is 9.59 Å². The van der Waals surface area contributed by atoms with E-state index in [1.54, 1.807) is 24.3 Å². The second-order valence-electron chi connectivity index (χ2n) is 2.91. The number of carbonyl (C=O) groups excluding carboxylic acids is 2. The largest absolute Gasteiger partial charge is 0.290 e. The molecule has 1 aliphatic rings. The lowest BCUT2D eigenvalue weighted by Gasteiger charge is -1.95. The van der Waals surface area contributed by atoms with Gasteiger partial charge in [0.1, 0.15) is 0 Å². The minimum Gasteiger partial charge on any atom is -0.282 e. The van der Waals surface area contributed by atoms with Gasteiger partial charge in [-0.3, -0.25) is 14.9 Å². The van der Waals surface area contributed by atoms with Crippen LogP contribution in [0.2, 0.25) is 5.02 Å². The molecule has 2 rings (SSSR count). The molecule has 0 radical (unpaired) electrons. The summed E-state index contributed by atoms with van der Waals surface area (Å²) in [5.74, 6) is -0.357. The summed E-state index contributed by atoms with van der Waals surface area (Å²) in [4.78, 5) is 22.5. The van der Waals surface area contributed by atoms with Crippen LogP contribution in [0.3, 0.4) is 0 Å². The van der Waals surface area contributed by atoms with Gasteiger partial charge in [0, 0.05) is 5.02 Å². The predicted octanol–water partition coefficient (Wildman–Crippen LogP) is 2.66. The molecule has 0 aliphatic carbocycles. The Hall–Kier alpha value is -1.26. The fourth-order valence-electron chi connectivity index (χ4n) is 1.17. The van der Waals surface area contributed by atoms with Gasteiger partial charge in [0.2, 0.25) is 0 Å². The molecule has 1 saturated heterocycles. The van der Waals surface area contributed by atoms with Gasteiger partial charge < -0.3 is 0 Å². The lowest BCUT2D eigenvalue weighted by molar-refractivity contribution is -0.115. The van der Waals surface area contributed by atoms with Gasteiger partial charge in [0.25, 0.3) is 11.1 Å². The van der Waals surface area contributed by atoms with Crippen LogP contribution in [-0.4, -0.2) is 11.1 Å². The second kappa shape index (κ2) is 4.08. The molecular formula is C10H6ClNO2S. The second-order valence-corrected chi connectivity index (χ2v) is 4.36. The van der Waals surface area contributed by atoms with E-state index in [1.165, 1.54) is 0 Å². The summed E-state index contributed by atoms with van der Waals surface area (Å²) in [7, 11) is 0. The van der Waals surface area contributed by atoms with E-state index in [0.717, 1.165) is 17.3 Å². The standard InChI is InChI=1S/C10H6ClNO2S/c11-7-3-1-2-6(4-7)5-8-9(13)12-10(14)15-8/h1-5H,(H,12,13,14)/b8-5-. The average Bonchev–Trinajstić information content (AvgIpc) is 2.45. The zero-order valence-electron chi connectivity index (χ0n) is 7.49. The van der Waals surface area contributed by atoms with Crippen LogP contribution >= 0.6 is 23.4 Å². The Morgan fingerprint density at radius 3 is 2.73 bits per heavy atom. The lowest BCUT2D eigenvalue weighted by Crippen LogP contribution is -2.17. The number of rotatable bonds is 1. The van der Waals surface area contributed by atoms with Crippen molar-refractivity contribution in [1.29, 1.82) is 0 Å². The molecule has 1 aromatic rings.